The summed E-state index contributed by atoms with van der Waals surface area (Å²) in [6.07, 6.45) is 0. The molecule has 0 radical (unpaired) electrons. The monoisotopic (exact) mass is 305 g/mol. The minimum atomic E-state index is 0.164. The molecule has 1 aromatic rings. The maximum Gasteiger partial charge on any atom is 0.234 e. The fourth-order valence-electron chi connectivity index (χ4n) is 3.22. The zero-order valence-corrected chi connectivity index (χ0v) is 13.1. The predicted molar refractivity (Wildman–Crippen MR) is 86.5 cm³/mol. The molecule has 3 rings (SSSR count). The number of carbonyl (C=O) groups is 1. The van der Waals surface area contributed by atoms with Crippen LogP contribution in [0.25, 0.3) is 0 Å². The van der Waals surface area contributed by atoms with Crippen LogP contribution in [0, 0.1) is 11.8 Å². The number of nitrogens with zero attached hydrogens (tertiary/aromatic N) is 1. The molecule has 21 heavy (non-hydrogen) atoms. The zero-order chi connectivity index (χ0) is 14.5. The molecule has 0 saturated carbocycles. The highest BCUT2D eigenvalue weighted by Crippen LogP contribution is 2.25. The van der Waals surface area contributed by atoms with Gasteiger partial charge in [-0.2, -0.15) is 0 Å². The van der Waals surface area contributed by atoms with E-state index in [2.05, 4.69) is 27.7 Å². The molecule has 5 heteroatoms. The SMILES string of the molecule is O=C(CN1CC2CNCC2C1)NCCSc1ccccc1. The summed E-state index contributed by atoms with van der Waals surface area (Å²) in [4.78, 5) is 15.5. The van der Waals surface area contributed by atoms with Gasteiger partial charge in [-0.1, -0.05) is 18.2 Å². The Balaban J connectivity index is 1.30. The Hall–Kier alpha value is -1.04. The number of hydrogen-bond donors (Lipinski definition) is 2. The number of amides is 1. The van der Waals surface area contributed by atoms with Gasteiger partial charge in [-0.25, -0.2) is 0 Å². The van der Waals surface area contributed by atoms with E-state index in [1.54, 1.807) is 11.8 Å². The smallest absolute Gasteiger partial charge is 0.234 e. The number of benzene rings is 1. The van der Waals surface area contributed by atoms with Gasteiger partial charge in [0, 0.05) is 30.3 Å². The number of thioether (sulfide) groups is 1. The summed E-state index contributed by atoms with van der Waals surface area (Å²) in [5.41, 5.74) is 0. The Morgan fingerprint density at radius 1 is 1.24 bits per heavy atom. The number of fused-ring (bicyclic) bond motifs is 1. The minimum absolute atomic E-state index is 0.164. The second-order valence-electron chi connectivity index (χ2n) is 5.88. The van der Waals surface area contributed by atoms with Gasteiger partial charge in [-0.05, 0) is 37.1 Å². The summed E-state index contributed by atoms with van der Waals surface area (Å²) < 4.78 is 0. The molecule has 0 spiro atoms. The van der Waals surface area contributed by atoms with Crippen LogP contribution < -0.4 is 10.6 Å². The van der Waals surface area contributed by atoms with Crippen molar-refractivity contribution in [2.45, 2.75) is 4.90 Å². The molecule has 2 N–H and O–H groups in total. The molecular formula is C16H23N3OS. The third-order valence-corrected chi connectivity index (χ3v) is 5.28. The molecule has 0 aromatic heterocycles. The molecule has 2 saturated heterocycles. The molecule has 114 valence electrons. The summed E-state index contributed by atoms with van der Waals surface area (Å²) in [6.45, 7) is 5.68. The van der Waals surface area contributed by atoms with E-state index in [0.29, 0.717) is 6.54 Å². The van der Waals surface area contributed by atoms with E-state index in [1.165, 1.54) is 4.90 Å². The molecule has 1 aromatic carbocycles. The van der Waals surface area contributed by atoms with Crippen molar-refractivity contribution >= 4 is 17.7 Å². The van der Waals surface area contributed by atoms with Crippen LogP contribution in [0.5, 0.6) is 0 Å². The number of rotatable bonds is 6. The highest BCUT2D eigenvalue weighted by Gasteiger charge is 2.36. The summed E-state index contributed by atoms with van der Waals surface area (Å²) in [6, 6.07) is 10.3. The molecule has 2 unspecified atom stereocenters. The third-order valence-electron chi connectivity index (χ3n) is 4.27. The van der Waals surface area contributed by atoms with Gasteiger partial charge in [0.25, 0.3) is 0 Å². The van der Waals surface area contributed by atoms with Crippen LogP contribution in [0.4, 0.5) is 0 Å². The van der Waals surface area contributed by atoms with E-state index < -0.39 is 0 Å². The van der Waals surface area contributed by atoms with E-state index in [0.717, 1.165) is 50.3 Å². The van der Waals surface area contributed by atoms with Crippen LogP contribution in [0.2, 0.25) is 0 Å². The molecular weight excluding hydrogens is 282 g/mol. The first-order chi connectivity index (χ1) is 10.3. The largest absolute Gasteiger partial charge is 0.354 e. The second-order valence-corrected chi connectivity index (χ2v) is 7.05. The van der Waals surface area contributed by atoms with Crippen LogP contribution in [0.15, 0.2) is 35.2 Å². The van der Waals surface area contributed by atoms with Crippen molar-refractivity contribution in [3.05, 3.63) is 30.3 Å². The van der Waals surface area contributed by atoms with E-state index in [4.69, 9.17) is 0 Å². The molecule has 0 bridgehead atoms. The number of hydrogen-bond acceptors (Lipinski definition) is 4. The van der Waals surface area contributed by atoms with E-state index in [1.807, 2.05) is 18.2 Å². The number of nitrogens with one attached hydrogen (secondary N) is 2. The van der Waals surface area contributed by atoms with Gasteiger partial charge in [0.05, 0.1) is 6.54 Å². The lowest BCUT2D eigenvalue weighted by molar-refractivity contribution is -0.121. The van der Waals surface area contributed by atoms with Crippen LogP contribution in [-0.2, 0) is 4.79 Å². The van der Waals surface area contributed by atoms with E-state index >= 15 is 0 Å². The van der Waals surface area contributed by atoms with Gasteiger partial charge in [0.15, 0.2) is 0 Å². The van der Waals surface area contributed by atoms with Crippen LogP contribution in [-0.4, -0.2) is 55.8 Å². The Bertz CT molecular complexity index is 456. The van der Waals surface area contributed by atoms with Crippen LogP contribution >= 0.6 is 11.8 Å². The average Bonchev–Trinajstić information content (AvgIpc) is 3.06. The normalized spacial score (nSPS) is 25.0. The van der Waals surface area contributed by atoms with Crippen molar-refractivity contribution < 1.29 is 4.79 Å². The minimum Gasteiger partial charge on any atom is -0.354 e. The third kappa shape index (κ3) is 4.22. The average molecular weight is 305 g/mol. The van der Waals surface area contributed by atoms with E-state index in [-0.39, 0.29) is 5.91 Å². The van der Waals surface area contributed by atoms with Gasteiger partial charge in [0.1, 0.15) is 0 Å². The van der Waals surface area contributed by atoms with Gasteiger partial charge >= 0.3 is 0 Å². The summed E-state index contributed by atoms with van der Waals surface area (Å²) in [5.74, 6) is 2.60. The highest BCUT2D eigenvalue weighted by molar-refractivity contribution is 7.99. The quantitative estimate of drug-likeness (QED) is 0.609. The molecule has 0 aliphatic carbocycles. The van der Waals surface area contributed by atoms with Gasteiger partial charge in [-0.15, -0.1) is 11.8 Å². The topological polar surface area (TPSA) is 44.4 Å². The second kappa shape index (κ2) is 7.29. The summed E-state index contributed by atoms with van der Waals surface area (Å²) in [7, 11) is 0. The lowest BCUT2D eigenvalue weighted by atomic mass is 10.0. The van der Waals surface area contributed by atoms with Crippen molar-refractivity contribution in [2.24, 2.45) is 11.8 Å². The van der Waals surface area contributed by atoms with E-state index in [9.17, 15) is 4.79 Å². The molecule has 2 aliphatic heterocycles. The first-order valence-electron chi connectivity index (χ1n) is 7.69. The summed E-state index contributed by atoms with van der Waals surface area (Å²) in [5, 5.41) is 6.45. The molecule has 1 amide bonds. The Labute approximate surface area is 130 Å². The number of carbonyl (C=O) groups excluding carboxylic acids is 1. The predicted octanol–water partition coefficient (Wildman–Crippen LogP) is 1.05. The molecule has 2 aliphatic rings. The van der Waals surface area contributed by atoms with Crippen molar-refractivity contribution in [3.8, 4) is 0 Å². The Morgan fingerprint density at radius 3 is 2.67 bits per heavy atom. The first-order valence-corrected chi connectivity index (χ1v) is 8.67. The molecule has 4 nitrogen and oxygen atoms in total. The van der Waals surface area contributed by atoms with Gasteiger partial charge < -0.3 is 10.6 Å². The van der Waals surface area contributed by atoms with Gasteiger partial charge in [0.2, 0.25) is 5.91 Å². The van der Waals surface area contributed by atoms with Crippen LogP contribution in [0.1, 0.15) is 0 Å². The maximum atomic E-state index is 12.0. The molecule has 2 fully saturated rings. The fraction of sp³-hybridized carbons (Fsp3) is 0.562. The molecule has 2 heterocycles. The number of likely N-dealkylation sites (tertiary alicyclic amines) is 1. The van der Waals surface area contributed by atoms with Crippen LogP contribution in [0.3, 0.4) is 0 Å². The van der Waals surface area contributed by atoms with Crippen molar-refractivity contribution in [2.75, 3.05) is 45.0 Å². The van der Waals surface area contributed by atoms with Crippen molar-refractivity contribution in [3.63, 3.8) is 0 Å². The first kappa shape index (κ1) is 14.9. The Kier molecular flexibility index (Phi) is 5.17. The Morgan fingerprint density at radius 2 is 1.95 bits per heavy atom. The van der Waals surface area contributed by atoms with Crippen molar-refractivity contribution in [1.82, 2.24) is 15.5 Å². The highest BCUT2D eigenvalue weighted by atomic mass is 32.2. The lowest BCUT2D eigenvalue weighted by Crippen LogP contribution is -2.38. The van der Waals surface area contributed by atoms with Crippen molar-refractivity contribution in [1.29, 1.82) is 0 Å². The summed E-state index contributed by atoms with van der Waals surface area (Å²) >= 11 is 1.78. The van der Waals surface area contributed by atoms with Gasteiger partial charge in [-0.3, -0.25) is 9.69 Å². The molecule has 2 atom stereocenters. The zero-order valence-electron chi connectivity index (χ0n) is 12.3. The maximum absolute atomic E-state index is 12.0. The fourth-order valence-corrected chi connectivity index (χ4v) is 4.01. The standard InChI is InChI=1S/C16H23N3OS/c20-16(12-19-10-13-8-17-9-14(13)11-19)18-6-7-21-15-4-2-1-3-5-15/h1-5,13-14,17H,6-12H2,(H,18,20). The lowest BCUT2D eigenvalue weighted by Gasteiger charge is -2.16.